The third-order valence-corrected chi connectivity index (χ3v) is 3.01. The topological polar surface area (TPSA) is 39.9 Å². The molecule has 0 saturated heterocycles. The van der Waals surface area contributed by atoms with Gasteiger partial charge in [-0.25, -0.2) is 0 Å². The zero-order chi connectivity index (χ0) is 11.8. The van der Waals surface area contributed by atoms with Crippen LogP contribution in [-0.2, 0) is 6.42 Å². The van der Waals surface area contributed by atoms with Crippen molar-refractivity contribution >= 4 is 23.9 Å². The molecule has 1 aliphatic rings. The highest BCUT2D eigenvalue weighted by atomic mass is 35.5. The second kappa shape index (κ2) is 3.89. The van der Waals surface area contributed by atoms with Crippen molar-refractivity contribution in [3.8, 4) is 6.01 Å². The fourth-order valence-corrected chi connectivity index (χ4v) is 2.10. The van der Waals surface area contributed by atoms with Gasteiger partial charge in [-0.1, -0.05) is 22.8 Å². The number of ether oxygens (including phenoxy) is 1. The minimum Gasteiger partial charge on any atom is -0.467 e. The predicted octanol–water partition coefficient (Wildman–Crippen LogP) is 2.47. The number of hydrogen-bond acceptors (Lipinski definition) is 3. The molecule has 17 heavy (non-hydrogen) atoms. The zero-order valence-electron chi connectivity index (χ0n) is 9.22. The van der Waals surface area contributed by atoms with Crippen molar-refractivity contribution in [1.29, 1.82) is 0 Å². The molecule has 0 spiro atoms. The smallest absolute Gasteiger partial charge is 0.320 e. The molecule has 0 radical (unpaired) electrons. The molecule has 0 amide bonds. The number of rotatable bonds is 1. The summed E-state index contributed by atoms with van der Waals surface area (Å²) in [5, 5.41) is 8.81. The summed E-state index contributed by atoms with van der Waals surface area (Å²) in [5.74, 6) is 0.860. The molecule has 3 rings (SSSR count). The van der Waals surface area contributed by atoms with Crippen LogP contribution in [0.1, 0.15) is 17.0 Å². The maximum Gasteiger partial charge on any atom is 0.320 e. The van der Waals surface area contributed by atoms with Crippen LogP contribution >= 0.6 is 11.6 Å². The number of fused-ring (bicyclic) bond motifs is 2. The minimum absolute atomic E-state index is 0.496. The fraction of sp³-hybridized carbons (Fsp3) is 0.167. The van der Waals surface area contributed by atoms with Gasteiger partial charge in [-0.2, -0.15) is 0 Å². The van der Waals surface area contributed by atoms with Crippen molar-refractivity contribution in [2.75, 3.05) is 7.11 Å². The first-order valence-corrected chi connectivity index (χ1v) is 5.60. The molecule has 2 heterocycles. The maximum absolute atomic E-state index is 5.98. The summed E-state index contributed by atoms with van der Waals surface area (Å²) in [6.07, 6.45) is 4.61. The van der Waals surface area contributed by atoms with E-state index in [4.69, 9.17) is 16.3 Å². The van der Waals surface area contributed by atoms with Gasteiger partial charge in [0.25, 0.3) is 0 Å². The summed E-state index contributed by atoms with van der Waals surface area (Å²) >= 11 is 5.98. The van der Waals surface area contributed by atoms with Gasteiger partial charge in [0, 0.05) is 17.6 Å². The average Bonchev–Trinajstić information content (AvgIpc) is 2.63. The summed E-state index contributed by atoms with van der Waals surface area (Å²) in [6.45, 7) is 0. The first-order valence-electron chi connectivity index (χ1n) is 5.22. The highest BCUT2D eigenvalue weighted by Crippen LogP contribution is 2.25. The first kappa shape index (κ1) is 10.4. The summed E-state index contributed by atoms with van der Waals surface area (Å²) in [6, 6.07) is 6.34. The van der Waals surface area contributed by atoms with Crippen LogP contribution < -0.4 is 4.74 Å². The molecule has 1 aromatic carbocycles. The molecule has 1 aromatic heterocycles. The van der Waals surface area contributed by atoms with E-state index in [0.717, 1.165) is 22.8 Å². The predicted molar refractivity (Wildman–Crippen MR) is 66.1 cm³/mol. The molecule has 0 atom stereocenters. The summed E-state index contributed by atoms with van der Waals surface area (Å²) in [5.41, 5.74) is 2.28. The molecule has 0 saturated carbocycles. The maximum atomic E-state index is 5.98. The number of benzene rings is 1. The third kappa shape index (κ3) is 1.70. The van der Waals surface area contributed by atoms with Crippen LogP contribution in [0.5, 0.6) is 6.01 Å². The van der Waals surface area contributed by atoms with Crippen LogP contribution in [0.3, 0.4) is 0 Å². The Kier molecular flexibility index (Phi) is 2.37. The van der Waals surface area contributed by atoms with Crippen LogP contribution in [0, 0.1) is 0 Å². The van der Waals surface area contributed by atoms with Crippen molar-refractivity contribution < 1.29 is 4.74 Å². The molecule has 4 nitrogen and oxygen atoms in total. The van der Waals surface area contributed by atoms with E-state index in [1.807, 2.05) is 35.0 Å². The SMILES string of the molecule is COc1nnc2n1C=Cc1cc(Cl)ccc1C2. The van der Waals surface area contributed by atoms with Gasteiger partial charge in [-0.15, -0.1) is 5.10 Å². The standard InChI is InChI=1S/C12H10ClN3O/c1-17-12-15-14-11-7-8-2-3-10(13)6-9(8)4-5-16(11)12/h2-6H,7H2,1H3. The lowest BCUT2D eigenvalue weighted by Crippen LogP contribution is -1.98. The fourth-order valence-electron chi connectivity index (χ4n) is 1.92. The second-order valence-corrected chi connectivity index (χ2v) is 4.25. The summed E-state index contributed by atoms with van der Waals surface area (Å²) in [7, 11) is 1.58. The molecule has 0 fully saturated rings. The number of hydrogen-bond donors (Lipinski definition) is 0. The van der Waals surface area contributed by atoms with Crippen LogP contribution in [0.2, 0.25) is 5.02 Å². The van der Waals surface area contributed by atoms with E-state index < -0.39 is 0 Å². The molecular formula is C12H10ClN3O. The zero-order valence-corrected chi connectivity index (χ0v) is 9.98. The molecule has 0 bridgehead atoms. The van der Waals surface area contributed by atoms with Crippen LogP contribution in [0.25, 0.3) is 12.3 Å². The van der Waals surface area contributed by atoms with Crippen molar-refractivity contribution in [2.24, 2.45) is 0 Å². The number of methoxy groups -OCH3 is 1. The molecule has 0 aliphatic carbocycles. The monoisotopic (exact) mass is 247 g/mol. The van der Waals surface area contributed by atoms with Gasteiger partial charge in [0.15, 0.2) is 0 Å². The van der Waals surface area contributed by atoms with Gasteiger partial charge < -0.3 is 4.74 Å². The van der Waals surface area contributed by atoms with E-state index in [9.17, 15) is 0 Å². The largest absolute Gasteiger partial charge is 0.467 e. The molecule has 0 N–H and O–H groups in total. The summed E-state index contributed by atoms with van der Waals surface area (Å²) in [4.78, 5) is 0. The van der Waals surface area contributed by atoms with E-state index in [1.165, 1.54) is 5.56 Å². The Morgan fingerprint density at radius 3 is 3.06 bits per heavy atom. The number of halogens is 1. The Hall–Kier alpha value is -1.81. The number of aromatic nitrogens is 3. The van der Waals surface area contributed by atoms with E-state index in [2.05, 4.69) is 10.2 Å². The van der Waals surface area contributed by atoms with E-state index in [-0.39, 0.29) is 0 Å². The molecule has 1 aliphatic heterocycles. The first-order chi connectivity index (χ1) is 8.28. The second-order valence-electron chi connectivity index (χ2n) is 3.81. The highest BCUT2D eigenvalue weighted by Gasteiger charge is 2.15. The lowest BCUT2D eigenvalue weighted by Gasteiger charge is -2.02. The molecule has 86 valence electrons. The Labute approximate surface area is 103 Å². The molecule has 5 heteroatoms. The lowest BCUT2D eigenvalue weighted by molar-refractivity contribution is 0.373. The van der Waals surface area contributed by atoms with Gasteiger partial charge in [0.05, 0.1) is 7.11 Å². The Morgan fingerprint density at radius 2 is 2.24 bits per heavy atom. The Morgan fingerprint density at radius 1 is 1.35 bits per heavy atom. The van der Waals surface area contributed by atoms with Crippen molar-refractivity contribution in [3.05, 3.63) is 40.2 Å². The quantitative estimate of drug-likeness (QED) is 0.663. The normalized spacial score (nSPS) is 12.8. The molecule has 2 aromatic rings. The van der Waals surface area contributed by atoms with Gasteiger partial charge in [0.2, 0.25) is 0 Å². The van der Waals surface area contributed by atoms with Crippen molar-refractivity contribution in [2.45, 2.75) is 6.42 Å². The molecular weight excluding hydrogens is 238 g/mol. The Bertz CT molecular complexity index is 604. The van der Waals surface area contributed by atoms with Gasteiger partial charge >= 0.3 is 6.01 Å². The van der Waals surface area contributed by atoms with E-state index >= 15 is 0 Å². The van der Waals surface area contributed by atoms with E-state index in [0.29, 0.717) is 6.01 Å². The van der Waals surface area contributed by atoms with Gasteiger partial charge in [0.1, 0.15) is 5.82 Å². The van der Waals surface area contributed by atoms with Gasteiger partial charge in [-0.3, -0.25) is 4.57 Å². The molecule has 0 unspecified atom stereocenters. The van der Waals surface area contributed by atoms with Crippen molar-refractivity contribution in [1.82, 2.24) is 14.8 Å². The lowest BCUT2D eigenvalue weighted by atomic mass is 10.1. The Balaban J connectivity index is 2.13. The third-order valence-electron chi connectivity index (χ3n) is 2.78. The van der Waals surface area contributed by atoms with Crippen LogP contribution in [0.15, 0.2) is 18.2 Å². The minimum atomic E-state index is 0.496. The summed E-state index contributed by atoms with van der Waals surface area (Å²) < 4.78 is 6.98. The van der Waals surface area contributed by atoms with Crippen LogP contribution in [-0.4, -0.2) is 21.9 Å². The number of nitrogens with zero attached hydrogens (tertiary/aromatic N) is 3. The van der Waals surface area contributed by atoms with Gasteiger partial charge in [-0.05, 0) is 29.3 Å². The average molecular weight is 248 g/mol. The van der Waals surface area contributed by atoms with Crippen molar-refractivity contribution in [3.63, 3.8) is 0 Å². The highest BCUT2D eigenvalue weighted by molar-refractivity contribution is 6.30. The van der Waals surface area contributed by atoms with Crippen LogP contribution in [0.4, 0.5) is 0 Å². The van der Waals surface area contributed by atoms with E-state index in [1.54, 1.807) is 7.11 Å².